The fourth-order valence-corrected chi connectivity index (χ4v) is 3.63. The molecule has 5 nitrogen and oxygen atoms in total. The summed E-state index contributed by atoms with van der Waals surface area (Å²) in [5, 5.41) is 4.32. The molecule has 0 aliphatic heterocycles. The summed E-state index contributed by atoms with van der Waals surface area (Å²) in [6.45, 7) is 6.48. The highest BCUT2D eigenvalue weighted by Crippen LogP contribution is 2.18. The van der Waals surface area contributed by atoms with Gasteiger partial charge >= 0.3 is 0 Å². The highest BCUT2D eigenvalue weighted by molar-refractivity contribution is 7.92. The number of aromatic nitrogens is 2. The third kappa shape index (κ3) is 3.91. The van der Waals surface area contributed by atoms with E-state index in [1.165, 1.54) is 5.56 Å². The van der Waals surface area contributed by atoms with Gasteiger partial charge in [-0.25, -0.2) is 8.42 Å². The van der Waals surface area contributed by atoms with Gasteiger partial charge in [0.2, 0.25) is 0 Å². The molecule has 0 radical (unpaired) electrons. The Hall–Kier alpha value is -2.60. The molecule has 1 aromatic heterocycles. The Labute approximate surface area is 148 Å². The third-order valence-electron chi connectivity index (χ3n) is 4.26. The molecule has 0 aliphatic carbocycles. The van der Waals surface area contributed by atoms with Gasteiger partial charge in [0.15, 0.2) is 5.82 Å². The van der Waals surface area contributed by atoms with Crippen LogP contribution in [0, 0.1) is 20.8 Å². The summed E-state index contributed by atoms with van der Waals surface area (Å²) in [5.41, 5.74) is 4.32. The van der Waals surface area contributed by atoms with Gasteiger partial charge in [0.1, 0.15) is 0 Å². The Bertz CT molecular complexity index is 1010. The number of nitrogens with one attached hydrogen (secondary N) is 1. The summed E-state index contributed by atoms with van der Waals surface area (Å²) in [6.07, 6.45) is 1.77. The molecule has 0 fully saturated rings. The lowest BCUT2D eigenvalue weighted by atomic mass is 10.1. The fourth-order valence-electron chi connectivity index (χ4n) is 2.54. The van der Waals surface area contributed by atoms with Crippen LogP contribution in [0.3, 0.4) is 0 Å². The molecule has 0 bridgehead atoms. The molecule has 25 heavy (non-hydrogen) atoms. The van der Waals surface area contributed by atoms with E-state index in [4.69, 9.17) is 0 Å². The maximum atomic E-state index is 12.5. The molecule has 0 amide bonds. The first-order valence-electron chi connectivity index (χ1n) is 8.03. The van der Waals surface area contributed by atoms with Crippen LogP contribution in [0.4, 0.5) is 5.82 Å². The third-order valence-corrected chi connectivity index (χ3v) is 5.61. The van der Waals surface area contributed by atoms with Crippen molar-refractivity contribution in [2.75, 3.05) is 4.72 Å². The zero-order valence-corrected chi connectivity index (χ0v) is 15.3. The number of hydrogen-bond donors (Lipinski definition) is 1. The first-order valence-corrected chi connectivity index (χ1v) is 9.51. The van der Waals surface area contributed by atoms with Crippen LogP contribution < -0.4 is 4.72 Å². The van der Waals surface area contributed by atoms with Gasteiger partial charge in [0, 0.05) is 12.3 Å². The van der Waals surface area contributed by atoms with Gasteiger partial charge in [0.05, 0.1) is 11.4 Å². The average Bonchev–Trinajstić information content (AvgIpc) is 2.98. The smallest absolute Gasteiger partial charge is 0.263 e. The number of anilines is 1. The van der Waals surface area contributed by atoms with E-state index in [2.05, 4.69) is 9.82 Å². The minimum absolute atomic E-state index is 0.240. The lowest BCUT2D eigenvalue weighted by Crippen LogP contribution is -2.14. The molecule has 130 valence electrons. The maximum Gasteiger partial charge on any atom is 0.263 e. The highest BCUT2D eigenvalue weighted by atomic mass is 32.2. The van der Waals surface area contributed by atoms with Crippen LogP contribution in [0.1, 0.15) is 22.3 Å². The van der Waals surface area contributed by atoms with Gasteiger partial charge in [-0.05, 0) is 55.2 Å². The minimum atomic E-state index is -3.65. The van der Waals surface area contributed by atoms with E-state index in [1.54, 1.807) is 35.1 Å². The molecule has 0 saturated carbocycles. The topological polar surface area (TPSA) is 64.0 Å². The molecule has 0 spiro atoms. The van der Waals surface area contributed by atoms with Gasteiger partial charge in [-0.3, -0.25) is 9.40 Å². The molecule has 2 aromatic carbocycles. The predicted molar refractivity (Wildman–Crippen MR) is 99.2 cm³/mol. The van der Waals surface area contributed by atoms with Crippen molar-refractivity contribution in [3.05, 3.63) is 77.0 Å². The molecule has 0 aliphatic rings. The quantitative estimate of drug-likeness (QED) is 0.760. The zero-order valence-electron chi connectivity index (χ0n) is 14.5. The summed E-state index contributed by atoms with van der Waals surface area (Å²) < 4.78 is 29.3. The van der Waals surface area contributed by atoms with Crippen LogP contribution >= 0.6 is 0 Å². The van der Waals surface area contributed by atoms with Crippen molar-refractivity contribution in [1.82, 2.24) is 9.78 Å². The van der Waals surface area contributed by atoms with Crippen molar-refractivity contribution in [2.45, 2.75) is 32.2 Å². The monoisotopic (exact) mass is 355 g/mol. The SMILES string of the molecule is Cc1ccc(S(=O)(=O)Nc2ccn(Cc3ccccc3C)n2)cc1C. The Balaban J connectivity index is 1.78. The van der Waals surface area contributed by atoms with Crippen LogP contribution in [0.25, 0.3) is 0 Å². The van der Waals surface area contributed by atoms with Crippen molar-refractivity contribution in [2.24, 2.45) is 0 Å². The van der Waals surface area contributed by atoms with Crippen molar-refractivity contribution in [1.29, 1.82) is 0 Å². The largest absolute Gasteiger partial charge is 0.266 e. The Morgan fingerprint density at radius 2 is 1.72 bits per heavy atom. The van der Waals surface area contributed by atoms with Crippen molar-refractivity contribution >= 4 is 15.8 Å². The fraction of sp³-hybridized carbons (Fsp3) is 0.211. The number of aryl methyl sites for hydroxylation is 3. The van der Waals surface area contributed by atoms with E-state index in [0.29, 0.717) is 12.4 Å². The summed E-state index contributed by atoms with van der Waals surface area (Å²) in [7, 11) is -3.65. The number of nitrogens with zero attached hydrogens (tertiary/aromatic N) is 2. The lowest BCUT2D eigenvalue weighted by Gasteiger charge is -2.08. The van der Waals surface area contributed by atoms with Crippen LogP contribution in [-0.2, 0) is 16.6 Å². The van der Waals surface area contributed by atoms with E-state index in [0.717, 1.165) is 16.7 Å². The molecular formula is C19H21N3O2S. The molecule has 0 unspecified atom stereocenters. The van der Waals surface area contributed by atoms with Gasteiger partial charge in [0.25, 0.3) is 10.0 Å². The highest BCUT2D eigenvalue weighted by Gasteiger charge is 2.16. The molecular weight excluding hydrogens is 334 g/mol. The lowest BCUT2D eigenvalue weighted by molar-refractivity contribution is 0.600. The summed E-state index contributed by atoms with van der Waals surface area (Å²) in [6, 6.07) is 14.8. The van der Waals surface area contributed by atoms with E-state index in [9.17, 15) is 8.42 Å². The van der Waals surface area contributed by atoms with Crippen LogP contribution in [-0.4, -0.2) is 18.2 Å². The molecule has 0 saturated heterocycles. The average molecular weight is 355 g/mol. The molecule has 6 heteroatoms. The second kappa shape index (κ2) is 6.72. The first kappa shape index (κ1) is 17.2. The zero-order chi connectivity index (χ0) is 18.0. The van der Waals surface area contributed by atoms with Gasteiger partial charge < -0.3 is 0 Å². The van der Waals surface area contributed by atoms with Crippen LogP contribution in [0.15, 0.2) is 59.6 Å². The summed E-state index contributed by atoms with van der Waals surface area (Å²) in [4.78, 5) is 0.240. The number of rotatable bonds is 5. The van der Waals surface area contributed by atoms with E-state index >= 15 is 0 Å². The number of sulfonamides is 1. The molecule has 1 N–H and O–H groups in total. The van der Waals surface area contributed by atoms with Crippen LogP contribution in [0.2, 0.25) is 0 Å². The molecule has 3 rings (SSSR count). The predicted octanol–water partition coefficient (Wildman–Crippen LogP) is 3.66. The number of benzene rings is 2. The van der Waals surface area contributed by atoms with Gasteiger partial charge in [-0.15, -0.1) is 0 Å². The Kier molecular flexibility index (Phi) is 4.63. The van der Waals surface area contributed by atoms with Crippen LogP contribution in [0.5, 0.6) is 0 Å². The molecule has 3 aromatic rings. The Morgan fingerprint density at radius 1 is 0.960 bits per heavy atom. The first-order chi connectivity index (χ1) is 11.8. The van der Waals surface area contributed by atoms with Crippen molar-refractivity contribution in [3.8, 4) is 0 Å². The van der Waals surface area contributed by atoms with E-state index in [1.807, 2.05) is 45.0 Å². The van der Waals surface area contributed by atoms with Crippen molar-refractivity contribution < 1.29 is 8.42 Å². The second-order valence-corrected chi connectivity index (χ2v) is 7.86. The standard InChI is InChI=1S/C19H21N3O2S/c1-14-8-9-18(12-16(14)3)25(23,24)21-19-10-11-22(20-19)13-17-7-5-4-6-15(17)2/h4-12H,13H2,1-3H3,(H,20,21). The molecule has 0 atom stereocenters. The van der Waals surface area contributed by atoms with E-state index in [-0.39, 0.29) is 4.90 Å². The number of hydrogen-bond acceptors (Lipinski definition) is 3. The second-order valence-electron chi connectivity index (χ2n) is 6.18. The Morgan fingerprint density at radius 3 is 2.44 bits per heavy atom. The summed E-state index contributed by atoms with van der Waals surface area (Å²) >= 11 is 0. The van der Waals surface area contributed by atoms with Crippen molar-refractivity contribution in [3.63, 3.8) is 0 Å². The molecule has 1 heterocycles. The van der Waals surface area contributed by atoms with Gasteiger partial charge in [-0.2, -0.15) is 5.10 Å². The maximum absolute atomic E-state index is 12.5. The normalized spacial score (nSPS) is 11.5. The summed E-state index contributed by atoms with van der Waals surface area (Å²) in [5.74, 6) is 0.312. The minimum Gasteiger partial charge on any atom is -0.266 e. The van der Waals surface area contributed by atoms with E-state index < -0.39 is 10.0 Å². The van der Waals surface area contributed by atoms with Gasteiger partial charge in [-0.1, -0.05) is 30.3 Å².